The molecule has 1 N–H and O–H groups in total. The molecule has 0 aliphatic heterocycles. The van der Waals surface area contributed by atoms with Crippen LogP contribution in [0.1, 0.15) is 18.1 Å². The Morgan fingerprint density at radius 1 is 1.15 bits per heavy atom. The van der Waals surface area contributed by atoms with E-state index in [4.69, 9.17) is 4.42 Å². The van der Waals surface area contributed by atoms with Gasteiger partial charge in [0, 0.05) is 16.3 Å². The van der Waals surface area contributed by atoms with Gasteiger partial charge in [0.25, 0.3) is 0 Å². The Morgan fingerprint density at radius 2 is 1.95 bits per heavy atom. The minimum Gasteiger partial charge on any atom is -0.508 e. The lowest BCUT2D eigenvalue weighted by atomic mass is 10.00. The van der Waals surface area contributed by atoms with Gasteiger partial charge in [-0.25, -0.2) is 4.79 Å². The summed E-state index contributed by atoms with van der Waals surface area (Å²) in [5.41, 5.74) is 1.61. The molecule has 0 bridgehead atoms. The fourth-order valence-electron chi connectivity index (χ4n) is 2.52. The van der Waals surface area contributed by atoms with E-state index in [2.05, 4.69) is 0 Å². The van der Waals surface area contributed by atoms with Crippen LogP contribution in [0, 0.1) is 6.92 Å². The minimum atomic E-state index is -0.382. The van der Waals surface area contributed by atoms with Gasteiger partial charge in [0.15, 0.2) is 0 Å². The maximum Gasteiger partial charge on any atom is 0.344 e. The average Bonchev–Trinajstić information content (AvgIpc) is 2.44. The zero-order chi connectivity index (χ0) is 14.3. The highest BCUT2D eigenvalue weighted by molar-refractivity contribution is 6.09. The number of fused-ring (bicyclic) bond motifs is 3. The van der Waals surface area contributed by atoms with Crippen molar-refractivity contribution in [1.29, 1.82) is 0 Å². The second kappa shape index (κ2) is 4.53. The number of phenols is 1. The molecule has 0 aliphatic rings. The number of phenolic OH excluding ortho intramolecular Hbond substituents is 1. The standard InChI is InChI=1S/C17H14O3/c1-3-5-11-6-4-7-13-15(11)12-8-9-14(18)10(2)16(12)20-17(13)19/h3-9,18H,1-2H3. The van der Waals surface area contributed by atoms with Crippen LogP contribution in [0.25, 0.3) is 27.8 Å². The van der Waals surface area contributed by atoms with Gasteiger partial charge in [-0.15, -0.1) is 0 Å². The number of hydrogen-bond donors (Lipinski definition) is 1. The van der Waals surface area contributed by atoms with E-state index in [1.807, 2.05) is 31.2 Å². The molecule has 20 heavy (non-hydrogen) atoms. The smallest absolute Gasteiger partial charge is 0.344 e. The molecular weight excluding hydrogens is 252 g/mol. The van der Waals surface area contributed by atoms with Crippen LogP contribution in [0.15, 0.2) is 45.6 Å². The van der Waals surface area contributed by atoms with Gasteiger partial charge in [0.2, 0.25) is 0 Å². The van der Waals surface area contributed by atoms with E-state index < -0.39 is 0 Å². The Bertz CT molecular complexity index is 901. The molecular formula is C17H14O3. The summed E-state index contributed by atoms with van der Waals surface area (Å²) in [6.45, 7) is 3.67. The van der Waals surface area contributed by atoms with E-state index in [1.54, 1.807) is 25.1 Å². The summed E-state index contributed by atoms with van der Waals surface area (Å²) < 4.78 is 5.38. The highest BCUT2D eigenvalue weighted by Gasteiger charge is 2.13. The van der Waals surface area contributed by atoms with Crippen LogP contribution in [0.4, 0.5) is 0 Å². The molecule has 0 fully saturated rings. The van der Waals surface area contributed by atoms with Gasteiger partial charge in [-0.05, 0) is 37.6 Å². The van der Waals surface area contributed by atoms with Gasteiger partial charge >= 0.3 is 5.63 Å². The summed E-state index contributed by atoms with van der Waals surface area (Å²) in [6, 6.07) is 8.98. The van der Waals surface area contributed by atoms with Crippen LogP contribution in [-0.4, -0.2) is 5.11 Å². The summed E-state index contributed by atoms with van der Waals surface area (Å²) in [6.07, 6.45) is 3.89. The molecule has 3 heteroatoms. The van der Waals surface area contributed by atoms with Crippen molar-refractivity contribution in [2.24, 2.45) is 0 Å². The Morgan fingerprint density at radius 3 is 2.70 bits per heavy atom. The number of allylic oxidation sites excluding steroid dienone is 1. The first kappa shape index (κ1) is 12.5. The monoisotopic (exact) mass is 266 g/mol. The van der Waals surface area contributed by atoms with E-state index in [9.17, 15) is 9.90 Å². The highest BCUT2D eigenvalue weighted by atomic mass is 16.4. The zero-order valence-electron chi connectivity index (χ0n) is 11.3. The molecule has 0 amide bonds. The average molecular weight is 266 g/mol. The summed E-state index contributed by atoms with van der Waals surface area (Å²) in [7, 11) is 0. The van der Waals surface area contributed by atoms with Gasteiger partial charge in [0.05, 0.1) is 5.39 Å². The molecule has 3 nitrogen and oxygen atoms in total. The van der Waals surface area contributed by atoms with Crippen molar-refractivity contribution in [1.82, 2.24) is 0 Å². The molecule has 0 spiro atoms. The zero-order valence-corrected chi connectivity index (χ0v) is 11.3. The maximum absolute atomic E-state index is 12.1. The fourth-order valence-corrected chi connectivity index (χ4v) is 2.52. The minimum absolute atomic E-state index is 0.128. The van der Waals surface area contributed by atoms with Crippen LogP contribution < -0.4 is 5.63 Å². The van der Waals surface area contributed by atoms with E-state index in [1.165, 1.54) is 0 Å². The summed E-state index contributed by atoms with van der Waals surface area (Å²) in [4.78, 5) is 12.1. The molecule has 0 atom stereocenters. The third kappa shape index (κ3) is 1.71. The quantitative estimate of drug-likeness (QED) is 0.535. The maximum atomic E-state index is 12.1. The Balaban J connectivity index is 2.65. The Labute approximate surface area is 115 Å². The molecule has 0 radical (unpaired) electrons. The number of hydrogen-bond acceptors (Lipinski definition) is 3. The van der Waals surface area contributed by atoms with Crippen molar-refractivity contribution in [3.05, 3.63) is 58.0 Å². The molecule has 3 rings (SSSR count). The Hall–Kier alpha value is -2.55. The first-order chi connectivity index (χ1) is 9.63. The lowest BCUT2D eigenvalue weighted by Gasteiger charge is -2.08. The van der Waals surface area contributed by atoms with Gasteiger partial charge in [-0.2, -0.15) is 0 Å². The van der Waals surface area contributed by atoms with Crippen molar-refractivity contribution < 1.29 is 9.52 Å². The topological polar surface area (TPSA) is 50.4 Å². The third-order valence-electron chi connectivity index (χ3n) is 3.50. The summed E-state index contributed by atoms with van der Waals surface area (Å²) in [5.74, 6) is 0.128. The summed E-state index contributed by atoms with van der Waals surface area (Å²) in [5, 5.41) is 12.0. The predicted octanol–water partition coefficient (Wildman–Crippen LogP) is 3.99. The van der Waals surface area contributed by atoms with E-state index in [0.717, 1.165) is 16.3 Å². The predicted molar refractivity (Wildman–Crippen MR) is 81.1 cm³/mol. The van der Waals surface area contributed by atoms with Crippen LogP contribution in [0.2, 0.25) is 0 Å². The van der Waals surface area contributed by atoms with E-state index >= 15 is 0 Å². The number of rotatable bonds is 1. The summed E-state index contributed by atoms with van der Waals surface area (Å²) >= 11 is 0. The molecule has 2 aromatic carbocycles. The van der Waals surface area contributed by atoms with Crippen LogP contribution in [-0.2, 0) is 0 Å². The van der Waals surface area contributed by atoms with Crippen molar-refractivity contribution in [3.8, 4) is 5.75 Å². The van der Waals surface area contributed by atoms with Crippen molar-refractivity contribution in [2.45, 2.75) is 13.8 Å². The SMILES string of the molecule is CC=Cc1cccc2c(=O)oc3c(C)c(O)ccc3c12. The van der Waals surface area contributed by atoms with Crippen LogP contribution in [0.5, 0.6) is 5.75 Å². The molecule has 100 valence electrons. The molecule has 0 aliphatic carbocycles. The number of benzene rings is 2. The van der Waals surface area contributed by atoms with Crippen molar-refractivity contribution >= 4 is 27.8 Å². The molecule has 0 saturated heterocycles. The van der Waals surface area contributed by atoms with Crippen molar-refractivity contribution in [3.63, 3.8) is 0 Å². The highest BCUT2D eigenvalue weighted by Crippen LogP contribution is 2.32. The molecule has 1 aromatic heterocycles. The molecule has 3 aromatic rings. The van der Waals surface area contributed by atoms with E-state index in [0.29, 0.717) is 16.5 Å². The van der Waals surface area contributed by atoms with Crippen molar-refractivity contribution in [2.75, 3.05) is 0 Å². The van der Waals surface area contributed by atoms with Gasteiger partial charge in [-0.3, -0.25) is 0 Å². The van der Waals surface area contributed by atoms with Crippen LogP contribution >= 0.6 is 0 Å². The van der Waals surface area contributed by atoms with Gasteiger partial charge < -0.3 is 9.52 Å². The molecule has 0 unspecified atom stereocenters. The lowest BCUT2D eigenvalue weighted by Crippen LogP contribution is -2.01. The van der Waals surface area contributed by atoms with Gasteiger partial charge in [0.1, 0.15) is 11.3 Å². The lowest BCUT2D eigenvalue weighted by molar-refractivity contribution is 0.468. The number of aryl methyl sites for hydroxylation is 1. The first-order valence-electron chi connectivity index (χ1n) is 6.44. The first-order valence-corrected chi connectivity index (χ1v) is 6.44. The second-order valence-corrected chi connectivity index (χ2v) is 4.75. The van der Waals surface area contributed by atoms with Crippen LogP contribution in [0.3, 0.4) is 0 Å². The molecule has 1 heterocycles. The largest absolute Gasteiger partial charge is 0.508 e. The Kier molecular flexibility index (Phi) is 2.83. The number of aromatic hydroxyl groups is 1. The third-order valence-corrected chi connectivity index (χ3v) is 3.50. The fraction of sp³-hybridized carbons (Fsp3) is 0.118. The molecule has 0 saturated carbocycles. The second-order valence-electron chi connectivity index (χ2n) is 4.75. The van der Waals surface area contributed by atoms with E-state index in [-0.39, 0.29) is 11.4 Å². The van der Waals surface area contributed by atoms with Gasteiger partial charge in [-0.1, -0.05) is 24.3 Å². The normalized spacial score (nSPS) is 11.7.